The van der Waals surface area contributed by atoms with E-state index >= 15 is 0 Å². The number of carbonyl (C=O) groups excluding carboxylic acids is 1. The Bertz CT molecular complexity index is 1100. The summed E-state index contributed by atoms with van der Waals surface area (Å²) >= 11 is 0. The van der Waals surface area contributed by atoms with Crippen molar-refractivity contribution in [2.75, 3.05) is 37.6 Å². The summed E-state index contributed by atoms with van der Waals surface area (Å²) in [5, 5.41) is 12.0. The molecule has 1 atom stereocenters. The van der Waals surface area contributed by atoms with Gasteiger partial charge in [0.15, 0.2) is 5.60 Å². The highest BCUT2D eigenvalue weighted by Gasteiger charge is 2.33. The number of hydrogen-bond donors (Lipinski definition) is 2. The Morgan fingerprint density at radius 1 is 1.05 bits per heavy atom. The Hall–Kier alpha value is -3.27. The number of aliphatic carboxylic acids is 1. The molecule has 1 aliphatic heterocycles. The fourth-order valence-corrected chi connectivity index (χ4v) is 4.21. The first-order valence-electron chi connectivity index (χ1n) is 12.3. The van der Waals surface area contributed by atoms with Crippen LogP contribution >= 0.6 is 0 Å². The molecule has 0 bridgehead atoms. The van der Waals surface area contributed by atoms with Crippen LogP contribution in [0.5, 0.6) is 5.75 Å². The molecule has 3 rings (SSSR count). The van der Waals surface area contributed by atoms with Crippen LogP contribution in [0.1, 0.15) is 49.2 Å². The van der Waals surface area contributed by atoms with Gasteiger partial charge in [0.2, 0.25) is 0 Å². The number of carboxylic acids is 1. The van der Waals surface area contributed by atoms with E-state index in [1.165, 1.54) is 19.9 Å². The highest BCUT2D eigenvalue weighted by molar-refractivity contribution is 6.00. The molecule has 0 saturated carbocycles. The molecule has 7 nitrogen and oxygen atoms in total. The van der Waals surface area contributed by atoms with Crippen LogP contribution in [-0.4, -0.2) is 66.2 Å². The molecule has 10 heteroatoms. The van der Waals surface area contributed by atoms with E-state index in [1.54, 1.807) is 31.2 Å². The van der Waals surface area contributed by atoms with Crippen molar-refractivity contribution in [3.8, 4) is 5.75 Å². The van der Waals surface area contributed by atoms with Gasteiger partial charge in [-0.3, -0.25) is 4.79 Å². The van der Waals surface area contributed by atoms with E-state index in [9.17, 15) is 27.9 Å². The van der Waals surface area contributed by atoms with Gasteiger partial charge in [-0.1, -0.05) is 19.1 Å². The van der Waals surface area contributed by atoms with E-state index in [0.29, 0.717) is 30.9 Å². The van der Waals surface area contributed by atoms with Crippen molar-refractivity contribution in [2.24, 2.45) is 0 Å². The van der Waals surface area contributed by atoms with Gasteiger partial charge >= 0.3 is 12.1 Å². The summed E-state index contributed by atoms with van der Waals surface area (Å²) < 4.78 is 45.8. The number of carbonyl (C=O) groups is 2. The predicted octanol–water partition coefficient (Wildman–Crippen LogP) is 4.45. The zero-order valence-electron chi connectivity index (χ0n) is 21.6. The number of likely N-dealkylation sites (N-methyl/N-ethyl adjacent to an activating group) is 1. The molecule has 0 aliphatic carbocycles. The van der Waals surface area contributed by atoms with Gasteiger partial charge in [-0.2, -0.15) is 13.2 Å². The van der Waals surface area contributed by atoms with Crippen LogP contribution in [0.25, 0.3) is 0 Å². The second-order valence-corrected chi connectivity index (χ2v) is 9.79. The van der Waals surface area contributed by atoms with Crippen LogP contribution in [0.15, 0.2) is 42.5 Å². The monoisotopic (exact) mass is 521 g/mol. The van der Waals surface area contributed by atoms with E-state index in [2.05, 4.69) is 17.1 Å². The highest BCUT2D eigenvalue weighted by atomic mass is 19.4. The van der Waals surface area contributed by atoms with Crippen LogP contribution in [-0.2, 0) is 17.4 Å². The van der Waals surface area contributed by atoms with Gasteiger partial charge < -0.3 is 25.0 Å². The van der Waals surface area contributed by atoms with Crippen LogP contribution in [0.3, 0.4) is 0 Å². The summed E-state index contributed by atoms with van der Waals surface area (Å²) in [5.41, 5.74) is -0.883. The minimum Gasteiger partial charge on any atom is -0.478 e. The van der Waals surface area contributed by atoms with Crippen molar-refractivity contribution in [1.82, 2.24) is 10.2 Å². The molecule has 1 unspecified atom stereocenters. The van der Waals surface area contributed by atoms with Crippen molar-refractivity contribution < 1.29 is 32.6 Å². The third-order valence-corrected chi connectivity index (χ3v) is 6.46. The van der Waals surface area contributed by atoms with E-state index in [-0.39, 0.29) is 11.6 Å². The van der Waals surface area contributed by atoms with E-state index < -0.39 is 29.2 Å². The number of anilines is 1. The summed E-state index contributed by atoms with van der Waals surface area (Å²) in [6.07, 6.45) is -4.13. The lowest BCUT2D eigenvalue weighted by Gasteiger charge is -2.36. The normalized spacial score (nSPS) is 15.8. The van der Waals surface area contributed by atoms with Crippen molar-refractivity contribution in [2.45, 2.75) is 51.9 Å². The van der Waals surface area contributed by atoms with E-state index in [4.69, 9.17) is 4.74 Å². The minimum absolute atomic E-state index is 0.00581. The van der Waals surface area contributed by atoms with Gasteiger partial charge in [0, 0.05) is 37.9 Å². The summed E-state index contributed by atoms with van der Waals surface area (Å²) in [6.45, 7) is 10.4. The highest BCUT2D eigenvalue weighted by Crippen LogP contribution is 2.33. The Morgan fingerprint density at radius 2 is 1.68 bits per heavy atom. The number of piperazine rings is 1. The van der Waals surface area contributed by atoms with Crippen molar-refractivity contribution in [1.29, 1.82) is 0 Å². The Labute approximate surface area is 215 Å². The quantitative estimate of drug-likeness (QED) is 0.508. The van der Waals surface area contributed by atoms with Gasteiger partial charge in [-0.15, -0.1) is 0 Å². The molecular formula is C27H34F3N3O4. The van der Waals surface area contributed by atoms with Gasteiger partial charge in [0.1, 0.15) is 5.75 Å². The van der Waals surface area contributed by atoms with Crippen LogP contribution in [0.4, 0.5) is 18.9 Å². The van der Waals surface area contributed by atoms with Crippen LogP contribution in [0.2, 0.25) is 0 Å². The number of rotatable bonds is 9. The summed E-state index contributed by atoms with van der Waals surface area (Å²) in [4.78, 5) is 28.7. The summed E-state index contributed by atoms with van der Waals surface area (Å²) in [6, 6.07) is 9.80. The lowest BCUT2D eigenvalue weighted by molar-refractivity contribution is -0.152. The van der Waals surface area contributed by atoms with Gasteiger partial charge in [-0.25, -0.2) is 4.79 Å². The average Bonchev–Trinajstić information content (AvgIpc) is 2.84. The fraction of sp³-hybridized carbons (Fsp3) is 0.481. The van der Waals surface area contributed by atoms with Crippen molar-refractivity contribution in [3.05, 3.63) is 59.2 Å². The third-order valence-electron chi connectivity index (χ3n) is 6.46. The molecular weight excluding hydrogens is 487 g/mol. The first kappa shape index (κ1) is 28.3. The number of nitrogens with zero attached hydrogens (tertiary/aromatic N) is 2. The predicted molar refractivity (Wildman–Crippen MR) is 135 cm³/mol. The maximum Gasteiger partial charge on any atom is 0.416 e. The van der Waals surface area contributed by atoms with Gasteiger partial charge in [0.25, 0.3) is 5.91 Å². The lowest BCUT2D eigenvalue weighted by atomic mass is 10.0. The first-order chi connectivity index (χ1) is 17.3. The van der Waals surface area contributed by atoms with E-state index in [0.717, 1.165) is 37.3 Å². The van der Waals surface area contributed by atoms with Crippen LogP contribution < -0.4 is 15.0 Å². The first-order valence-corrected chi connectivity index (χ1v) is 12.3. The van der Waals surface area contributed by atoms with Gasteiger partial charge in [-0.05, 0) is 69.6 Å². The molecule has 1 fully saturated rings. The Kier molecular flexibility index (Phi) is 8.73. The smallest absolute Gasteiger partial charge is 0.416 e. The fourth-order valence-electron chi connectivity index (χ4n) is 4.21. The van der Waals surface area contributed by atoms with Crippen molar-refractivity contribution >= 4 is 17.6 Å². The molecule has 1 saturated heterocycles. The number of carboxylic acid groups (broad SMARTS) is 1. The Morgan fingerprint density at radius 3 is 2.22 bits per heavy atom. The second kappa shape index (κ2) is 11.4. The molecule has 0 aromatic heterocycles. The number of halogens is 3. The molecule has 1 aliphatic rings. The maximum atomic E-state index is 13.4. The molecule has 0 spiro atoms. The average molecular weight is 522 g/mol. The molecule has 2 N–H and O–H groups in total. The SMILES string of the molecule is CCN1CCN(c2ccc(C(F)(F)F)cc2C(=O)NC(C)Cc2ccc(OC(C)(C)C(=O)O)cc2)CC1. The topological polar surface area (TPSA) is 82.1 Å². The largest absolute Gasteiger partial charge is 0.478 e. The lowest BCUT2D eigenvalue weighted by Crippen LogP contribution is -2.47. The van der Waals surface area contributed by atoms with E-state index in [1.807, 2.05) is 4.90 Å². The number of ether oxygens (including phenoxy) is 1. The zero-order valence-corrected chi connectivity index (χ0v) is 21.6. The maximum absolute atomic E-state index is 13.4. The molecule has 0 radical (unpaired) electrons. The molecule has 2 aromatic carbocycles. The molecule has 202 valence electrons. The van der Waals surface area contributed by atoms with Crippen LogP contribution in [0, 0.1) is 0 Å². The summed E-state index contributed by atoms with van der Waals surface area (Å²) in [5.74, 6) is -1.26. The Balaban J connectivity index is 1.72. The summed E-state index contributed by atoms with van der Waals surface area (Å²) in [7, 11) is 0. The number of nitrogens with one attached hydrogen (secondary N) is 1. The minimum atomic E-state index is -4.56. The van der Waals surface area contributed by atoms with Gasteiger partial charge in [0.05, 0.1) is 11.1 Å². The standard InChI is InChI=1S/C27H34F3N3O4/c1-5-32-12-14-33(15-13-32)23-11-8-20(27(28,29)30)17-22(23)24(34)31-18(2)16-19-6-9-21(10-7-19)37-26(3,4)25(35)36/h6-11,17-18H,5,12-16H2,1-4H3,(H,31,34)(H,35,36). The molecule has 1 heterocycles. The number of alkyl halides is 3. The zero-order chi connectivity index (χ0) is 27.4. The molecule has 1 amide bonds. The number of benzene rings is 2. The number of hydrogen-bond acceptors (Lipinski definition) is 5. The third kappa shape index (κ3) is 7.38. The second-order valence-electron chi connectivity index (χ2n) is 9.79. The molecule has 37 heavy (non-hydrogen) atoms. The number of amides is 1. The van der Waals surface area contributed by atoms with Crippen molar-refractivity contribution in [3.63, 3.8) is 0 Å². The molecule has 2 aromatic rings.